The summed E-state index contributed by atoms with van der Waals surface area (Å²) in [6, 6.07) is 16.5. The highest BCUT2D eigenvalue weighted by molar-refractivity contribution is 7.14. The zero-order chi connectivity index (χ0) is 16.4. The Labute approximate surface area is 143 Å². The maximum atomic E-state index is 4.58. The van der Waals surface area contributed by atoms with Gasteiger partial charge in [0.2, 0.25) is 5.13 Å². The molecule has 0 amide bonds. The van der Waals surface area contributed by atoms with E-state index in [0.29, 0.717) is 0 Å². The molecule has 0 aliphatic carbocycles. The number of thiazole rings is 1. The number of hydrogen-bond acceptors (Lipinski definition) is 4. The molecule has 2 aromatic heterocycles. The van der Waals surface area contributed by atoms with Crippen LogP contribution in [0.3, 0.4) is 0 Å². The normalized spacial score (nSPS) is 11.4. The Hall–Kier alpha value is -2.92. The van der Waals surface area contributed by atoms with Crippen molar-refractivity contribution in [3.8, 4) is 11.3 Å². The van der Waals surface area contributed by atoms with E-state index in [-0.39, 0.29) is 0 Å². The quantitative estimate of drug-likeness (QED) is 0.406. The zero-order valence-electron chi connectivity index (χ0n) is 13.2. The molecule has 0 unspecified atom stereocenters. The van der Waals surface area contributed by atoms with Crippen LogP contribution >= 0.6 is 11.3 Å². The van der Waals surface area contributed by atoms with Crippen LogP contribution in [0.4, 0.5) is 5.13 Å². The molecule has 4 aromatic rings. The van der Waals surface area contributed by atoms with Gasteiger partial charge in [0, 0.05) is 33.6 Å². The van der Waals surface area contributed by atoms with Crippen LogP contribution in [0.5, 0.6) is 0 Å². The van der Waals surface area contributed by atoms with E-state index in [1.54, 1.807) is 11.3 Å². The van der Waals surface area contributed by atoms with Gasteiger partial charge in [-0.1, -0.05) is 48.0 Å². The number of aromatic amines is 1. The molecule has 0 atom stereocenters. The van der Waals surface area contributed by atoms with E-state index in [1.165, 1.54) is 5.56 Å². The van der Waals surface area contributed by atoms with Crippen LogP contribution in [0.15, 0.2) is 65.2 Å². The molecule has 2 aromatic carbocycles. The van der Waals surface area contributed by atoms with Gasteiger partial charge in [-0.3, -0.25) is 5.43 Å². The van der Waals surface area contributed by atoms with Gasteiger partial charge in [-0.05, 0) is 13.0 Å². The second-order valence-electron chi connectivity index (χ2n) is 5.56. The third-order valence-corrected chi connectivity index (χ3v) is 4.58. The number of hydrazone groups is 1. The highest BCUT2D eigenvalue weighted by atomic mass is 32.1. The van der Waals surface area contributed by atoms with E-state index in [2.05, 4.69) is 63.8 Å². The largest absolute Gasteiger partial charge is 0.361 e. The molecule has 118 valence electrons. The van der Waals surface area contributed by atoms with Crippen LogP contribution in [-0.2, 0) is 0 Å². The molecule has 24 heavy (non-hydrogen) atoms. The lowest BCUT2D eigenvalue weighted by molar-refractivity contribution is 1.29. The Morgan fingerprint density at radius 1 is 1.12 bits per heavy atom. The van der Waals surface area contributed by atoms with Crippen molar-refractivity contribution in [1.82, 2.24) is 9.97 Å². The minimum atomic E-state index is 0.779. The summed E-state index contributed by atoms with van der Waals surface area (Å²) in [6.07, 6.45) is 3.77. The van der Waals surface area contributed by atoms with Crippen molar-refractivity contribution >= 4 is 33.6 Å². The molecular weight excluding hydrogens is 316 g/mol. The summed E-state index contributed by atoms with van der Waals surface area (Å²) in [5.41, 5.74) is 8.49. The van der Waals surface area contributed by atoms with Gasteiger partial charge in [0.1, 0.15) is 0 Å². The number of nitrogens with one attached hydrogen (secondary N) is 2. The van der Waals surface area contributed by atoms with Crippen LogP contribution in [-0.4, -0.2) is 16.2 Å². The van der Waals surface area contributed by atoms with Gasteiger partial charge in [-0.15, -0.1) is 11.3 Å². The van der Waals surface area contributed by atoms with Gasteiger partial charge in [-0.25, -0.2) is 4.98 Å². The third kappa shape index (κ3) is 2.94. The minimum absolute atomic E-state index is 0.779. The van der Waals surface area contributed by atoms with Crippen LogP contribution in [0, 0.1) is 6.92 Å². The second-order valence-corrected chi connectivity index (χ2v) is 6.42. The van der Waals surface area contributed by atoms with Gasteiger partial charge < -0.3 is 4.98 Å². The average Bonchev–Trinajstić information content (AvgIpc) is 3.23. The van der Waals surface area contributed by atoms with Crippen molar-refractivity contribution in [1.29, 1.82) is 0 Å². The third-order valence-electron chi connectivity index (χ3n) is 3.84. The first-order valence-corrected chi connectivity index (χ1v) is 8.55. The predicted octanol–water partition coefficient (Wildman–Crippen LogP) is 5.05. The molecule has 4 nitrogen and oxygen atoms in total. The van der Waals surface area contributed by atoms with Crippen LogP contribution < -0.4 is 5.43 Å². The molecule has 2 N–H and O–H groups in total. The van der Waals surface area contributed by atoms with Gasteiger partial charge in [0.05, 0.1) is 11.9 Å². The SMILES string of the molecule is Cc1ccc(-c2csc(N/N=C/c3c[nH]c4ccccc34)n2)cc1. The summed E-state index contributed by atoms with van der Waals surface area (Å²) in [6.45, 7) is 2.08. The van der Waals surface area contributed by atoms with Gasteiger partial charge in [-0.2, -0.15) is 5.10 Å². The van der Waals surface area contributed by atoms with E-state index in [4.69, 9.17) is 0 Å². The highest BCUT2D eigenvalue weighted by Gasteiger charge is 2.04. The van der Waals surface area contributed by atoms with Crippen molar-refractivity contribution < 1.29 is 0 Å². The number of benzene rings is 2. The molecular formula is C19H16N4S. The molecule has 0 aliphatic rings. The molecule has 5 heteroatoms. The Balaban J connectivity index is 1.49. The number of fused-ring (bicyclic) bond motifs is 1. The monoisotopic (exact) mass is 332 g/mol. The van der Waals surface area contributed by atoms with Gasteiger partial charge in [0.15, 0.2) is 0 Å². The summed E-state index contributed by atoms with van der Waals surface area (Å²) in [4.78, 5) is 7.81. The van der Waals surface area contributed by atoms with Crippen molar-refractivity contribution in [3.63, 3.8) is 0 Å². The molecule has 4 rings (SSSR count). The lowest BCUT2D eigenvalue weighted by atomic mass is 10.1. The van der Waals surface area contributed by atoms with Gasteiger partial charge in [0.25, 0.3) is 0 Å². The summed E-state index contributed by atoms with van der Waals surface area (Å²) in [5.74, 6) is 0. The van der Waals surface area contributed by atoms with Crippen LogP contribution in [0.2, 0.25) is 0 Å². The lowest BCUT2D eigenvalue weighted by Crippen LogP contribution is -1.89. The molecule has 0 spiro atoms. The Kier molecular flexibility index (Phi) is 3.84. The molecule has 0 radical (unpaired) electrons. The molecule has 2 heterocycles. The molecule has 0 aliphatic heterocycles. The summed E-state index contributed by atoms with van der Waals surface area (Å²) in [5, 5.41) is 8.28. The lowest BCUT2D eigenvalue weighted by Gasteiger charge is -1.97. The number of anilines is 1. The number of aromatic nitrogens is 2. The first-order valence-electron chi connectivity index (χ1n) is 7.67. The smallest absolute Gasteiger partial charge is 0.203 e. The summed E-state index contributed by atoms with van der Waals surface area (Å²) in [7, 11) is 0. The van der Waals surface area contributed by atoms with Crippen molar-refractivity contribution in [2.24, 2.45) is 5.10 Å². The number of nitrogens with zero attached hydrogens (tertiary/aromatic N) is 2. The van der Waals surface area contributed by atoms with Crippen LogP contribution in [0.1, 0.15) is 11.1 Å². The van der Waals surface area contributed by atoms with E-state index in [0.717, 1.165) is 32.9 Å². The zero-order valence-corrected chi connectivity index (χ0v) is 14.0. The number of aryl methyl sites for hydroxylation is 1. The van der Waals surface area contributed by atoms with Crippen LogP contribution in [0.25, 0.3) is 22.2 Å². The van der Waals surface area contributed by atoms with E-state index < -0.39 is 0 Å². The van der Waals surface area contributed by atoms with E-state index in [1.807, 2.05) is 29.9 Å². The number of rotatable bonds is 4. The highest BCUT2D eigenvalue weighted by Crippen LogP contribution is 2.25. The Morgan fingerprint density at radius 3 is 2.83 bits per heavy atom. The predicted molar refractivity (Wildman–Crippen MR) is 102 cm³/mol. The minimum Gasteiger partial charge on any atom is -0.361 e. The Bertz CT molecular complexity index is 996. The fourth-order valence-corrected chi connectivity index (χ4v) is 3.21. The summed E-state index contributed by atoms with van der Waals surface area (Å²) < 4.78 is 0. The van der Waals surface area contributed by atoms with Gasteiger partial charge >= 0.3 is 0 Å². The first kappa shape index (κ1) is 14.7. The molecule has 0 saturated carbocycles. The maximum Gasteiger partial charge on any atom is 0.203 e. The topological polar surface area (TPSA) is 53.1 Å². The molecule has 0 saturated heterocycles. The fraction of sp³-hybridized carbons (Fsp3) is 0.0526. The van der Waals surface area contributed by atoms with Crippen molar-refractivity contribution in [2.45, 2.75) is 6.92 Å². The first-order chi connectivity index (χ1) is 11.8. The molecule has 0 bridgehead atoms. The number of H-pyrrole nitrogens is 1. The molecule has 0 fully saturated rings. The fourth-order valence-electron chi connectivity index (χ4n) is 2.54. The van der Waals surface area contributed by atoms with E-state index in [9.17, 15) is 0 Å². The Morgan fingerprint density at radius 2 is 1.96 bits per heavy atom. The number of hydrogen-bond donors (Lipinski definition) is 2. The standard InChI is InChI=1S/C19H16N4S/c1-13-6-8-14(9-7-13)18-12-24-19(22-18)23-21-11-15-10-20-17-5-3-2-4-16(15)17/h2-12,20H,1H3,(H,22,23)/b21-11+. The van der Waals surface area contributed by atoms with Crippen molar-refractivity contribution in [3.05, 3.63) is 71.2 Å². The average molecular weight is 332 g/mol. The maximum absolute atomic E-state index is 4.58. The van der Waals surface area contributed by atoms with Crippen molar-refractivity contribution in [2.75, 3.05) is 5.43 Å². The number of para-hydroxylation sites is 1. The second kappa shape index (κ2) is 6.29. The van der Waals surface area contributed by atoms with E-state index >= 15 is 0 Å². The summed E-state index contributed by atoms with van der Waals surface area (Å²) >= 11 is 1.55.